The first-order valence-corrected chi connectivity index (χ1v) is 21.8. The molecular formula is C43H70O15. The van der Waals surface area contributed by atoms with Crippen molar-refractivity contribution in [2.24, 2.45) is 44.8 Å². The van der Waals surface area contributed by atoms with Gasteiger partial charge in [0, 0.05) is 12.8 Å². The Hall–Kier alpha value is -1.05. The molecule has 15 heteroatoms. The van der Waals surface area contributed by atoms with Crippen LogP contribution in [0.15, 0.2) is 0 Å². The molecule has 0 unspecified atom stereocenters. The normalized spacial score (nSPS) is 56.1. The molecule has 0 radical (unpaired) electrons. The fourth-order valence-electron chi connectivity index (χ4n) is 15.2. The maximum absolute atomic E-state index is 12.2. The summed E-state index contributed by atoms with van der Waals surface area (Å²) in [5.41, 5.74) is -3.32. The van der Waals surface area contributed by atoms with Gasteiger partial charge in [0.2, 0.25) is 0 Å². The highest BCUT2D eigenvalue weighted by Crippen LogP contribution is 2.89. The van der Waals surface area contributed by atoms with E-state index in [0.29, 0.717) is 25.7 Å². The van der Waals surface area contributed by atoms with Crippen LogP contribution in [0.3, 0.4) is 0 Å². The number of carbonyl (C=O) groups excluding carboxylic acids is 1. The standard InChI is InChI=1S/C43H70O15/c1-20(45)54-32-28(48)22(47)18-53-36(32)57-26-10-12-43-19-42(43)14-13-39(6)33(41(8)11-9-27(58-41)38(4,5)52)21(46)16-40(39,7)25(42)15-23(34(43)37(26,2)3)55-35-31(51)30(50)29(49)24(17-44)56-35/h21-36,44,46-52H,9-19H2,1-8H3/t21-,22+,23+,24+,25-,26+,27+,28-,29+,30-,31+,32+,33-,34+,35+,36-,39+,40-,41+,42+,43-/m0/s1. The van der Waals surface area contributed by atoms with Crippen LogP contribution in [-0.4, -0.2) is 151 Å². The highest BCUT2D eigenvalue weighted by atomic mass is 16.7. The SMILES string of the molecule is CC(=O)O[C@H]1[C@H](O[C@@H]2CC[C@@]34C[C@@]35CC[C@]3(C)[C@@H]([C@@]6(C)CC[C@H](C(C)(C)O)O6)[C@@H](O)C[C@@]3(C)[C@@H]5C[C@@H](O[C@@H]3O[C@H](CO)[C@@H](O)[C@H](O)[C@H]3O)[C@@H]4C2(C)C)OC[C@@H](O)[C@@H]1O. The number of aliphatic hydroxyl groups is 8. The molecule has 2 spiro atoms. The summed E-state index contributed by atoms with van der Waals surface area (Å²) < 4.78 is 37.8. The van der Waals surface area contributed by atoms with Crippen molar-refractivity contribution in [3.05, 3.63) is 0 Å². The molecule has 332 valence electrons. The maximum atomic E-state index is 12.2. The first-order valence-electron chi connectivity index (χ1n) is 21.8. The van der Waals surface area contributed by atoms with E-state index in [0.717, 1.165) is 32.1 Å². The number of esters is 1. The summed E-state index contributed by atoms with van der Waals surface area (Å²) in [6.45, 7) is 15.0. The van der Waals surface area contributed by atoms with Crippen LogP contribution in [0.2, 0.25) is 0 Å². The van der Waals surface area contributed by atoms with Crippen molar-refractivity contribution in [2.45, 2.75) is 204 Å². The van der Waals surface area contributed by atoms with E-state index in [-0.39, 0.29) is 52.1 Å². The maximum Gasteiger partial charge on any atom is 0.303 e. The molecule has 8 aliphatic rings. The summed E-state index contributed by atoms with van der Waals surface area (Å²) in [5.74, 6) is -0.931. The zero-order valence-corrected chi connectivity index (χ0v) is 35.5. The minimum absolute atomic E-state index is 0.0829. The lowest BCUT2D eigenvalue weighted by atomic mass is 9.41. The fraction of sp³-hybridized carbons (Fsp3) is 0.977. The summed E-state index contributed by atoms with van der Waals surface area (Å²) in [7, 11) is 0. The molecule has 58 heavy (non-hydrogen) atoms. The van der Waals surface area contributed by atoms with Gasteiger partial charge in [-0.05, 0) is 117 Å². The molecule has 8 fully saturated rings. The Morgan fingerprint density at radius 3 is 2.14 bits per heavy atom. The van der Waals surface area contributed by atoms with Crippen LogP contribution in [-0.2, 0) is 33.2 Å². The lowest BCUT2D eigenvalue weighted by molar-refractivity contribution is -0.339. The van der Waals surface area contributed by atoms with Gasteiger partial charge in [-0.25, -0.2) is 0 Å². The Kier molecular flexibility index (Phi) is 10.7. The molecule has 0 amide bonds. The summed E-state index contributed by atoms with van der Waals surface area (Å²) in [5, 5.41) is 87.3. The van der Waals surface area contributed by atoms with E-state index in [9.17, 15) is 45.6 Å². The number of aliphatic hydroxyl groups excluding tert-OH is 7. The molecule has 0 aromatic rings. The van der Waals surface area contributed by atoms with Gasteiger partial charge in [0.15, 0.2) is 18.7 Å². The van der Waals surface area contributed by atoms with Crippen molar-refractivity contribution in [1.82, 2.24) is 0 Å². The number of ether oxygens (including phenoxy) is 6. The van der Waals surface area contributed by atoms with Gasteiger partial charge in [-0.2, -0.15) is 0 Å². The highest BCUT2D eigenvalue weighted by molar-refractivity contribution is 5.66. The van der Waals surface area contributed by atoms with Crippen LogP contribution < -0.4 is 0 Å². The summed E-state index contributed by atoms with van der Waals surface area (Å²) >= 11 is 0. The Morgan fingerprint density at radius 1 is 0.793 bits per heavy atom. The quantitative estimate of drug-likeness (QED) is 0.127. The van der Waals surface area contributed by atoms with Crippen molar-refractivity contribution < 1.29 is 74.1 Å². The molecule has 15 nitrogen and oxygen atoms in total. The molecule has 21 atom stereocenters. The second-order valence-electron chi connectivity index (χ2n) is 21.6. The molecule has 5 saturated carbocycles. The number of fused-ring (bicyclic) bond motifs is 2. The van der Waals surface area contributed by atoms with Gasteiger partial charge in [0.25, 0.3) is 0 Å². The third kappa shape index (κ3) is 6.17. The molecule has 3 heterocycles. The van der Waals surface area contributed by atoms with Gasteiger partial charge in [-0.3, -0.25) is 4.79 Å². The van der Waals surface area contributed by atoms with Crippen LogP contribution in [0.1, 0.15) is 113 Å². The monoisotopic (exact) mass is 826 g/mol. The lowest BCUT2D eigenvalue weighted by Crippen LogP contribution is -2.65. The molecule has 0 bridgehead atoms. The first-order chi connectivity index (χ1) is 26.9. The Labute approximate surface area is 341 Å². The smallest absolute Gasteiger partial charge is 0.303 e. The summed E-state index contributed by atoms with van der Waals surface area (Å²) in [6.07, 6.45) is -7.66. The zero-order chi connectivity index (χ0) is 42.3. The molecule has 0 aromatic carbocycles. The Balaban J connectivity index is 1.15. The average molecular weight is 827 g/mol. The predicted molar refractivity (Wildman–Crippen MR) is 203 cm³/mol. The molecule has 8 N–H and O–H groups in total. The summed E-state index contributed by atoms with van der Waals surface area (Å²) in [4.78, 5) is 12.1. The van der Waals surface area contributed by atoms with E-state index < -0.39 is 103 Å². The largest absolute Gasteiger partial charge is 0.454 e. The molecule has 0 aromatic heterocycles. The second kappa shape index (κ2) is 14.2. The number of hydrogen-bond donors (Lipinski definition) is 8. The first kappa shape index (κ1) is 43.6. The van der Waals surface area contributed by atoms with E-state index in [4.69, 9.17) is 28.4 Å². The van der Waals surface area contributed by atoms with Crippen molar-refractivity contribution in [3.63, 3.8) is 0 Å². The van der Waals surface area contributed by atoms with Gasteiger partial charge in [-0.15, -0.1) is 0 Å². The third-order valence-electron chi connectivity index (χ3n) is 17.9. The zero-order valence-electron chi connectivity index (χ0n) is 35.5. The van der Waals surface area contributed by atoms with E-state index >= 15 is 0 Å². The van der Waals surface area contributed by atoms with Crippen LogP contribution in [0, 0.1) is 44.8 Å². The Morgan fingerprint density at radius 2 is 1.50 bits per heavy atom. The van der Waals surface area contributed by atoms with Crippen LogP contribution >= 0.6 is 0 Å². The van der Waals surface area contributed by atoms with Crippen LogP contribution in [0.4, 0.5) is 0 Å². The van der Waals surface area contributed by atoms with Gasteiger partial charge >= 0.3 is 5.97 Å². The third-order valence-corrected chi connectivity index (χ3v) is 17.9. The van der Waals surface area contributed by atoms with Gasteiger partial charge in [0.1, 0.15) is 36.6 Å². The topological polar surface area (TPSA) is 234 Å². The van der Waals surface area contributed by atoms with E-state index in [1.165, 1.54) is 6.92 Å². The Bertz CT molecular complexity index is 1570. The van der Waals surface area contributed by atoms with Crippen LogP contribution in [0.5, 0.6) is 0 Å². The second-order valence-corrected chi connectivity index (χ2v) is 21.6. The highest BCUT2D eigenvalue weighted by Gasteiger charge is 2.85. The minimum atomic E-state index is -1.62. The fourth-order valence-corrected chi connectivity index (χ4v) is 15.2. The molecule has 5 aliphatic carbocycles. The van der Waals surface area contributed by atoms with Gasteiger partial charge in [0.05, 0.1) is 48.8 Å². The number of carbonyl (C=O) groups is 1. The van der Waals surface area contributed by atoms with Crippen molar-refractivity contribution in [2.75, 3.05) is 13.2 Å². The van der Waals surface area contributed by atoms with Gasteiger partial charge in [-0.1, -0.05) is 27.7 Å². The average Bonchev–Trinajstić information content (AvgIpc) is 3.50. The number of rotatable bonds is 8. The summed E-state index contributed by atoms with van der Waals surface area (Å²) in [6, 6.07) is 0. The molecular weight excluding hydrogens is 756 g/mol. The van der Waals surface area contributed by atoms with Crippen LogP contribution in [0.25, 0.3) is 0 Å². The number of hydrogen-bond acceptors (Lipinski definition) is 15. The predicted octanol–water partition coefficient (Wildman–Crippen LogP) is 1.29. The van der Waals surface area contributed by atoms with Crippen molar-refractivity contribution >= 4 is 5.97 Å². The molecule has 3 aliphatic heterocycles. The van der Waals surface area contributed by atoms with Crippen molar-refractivity contribution in [1.29, 1.82) is 0 Å². The van der Waals surface area contributed by atoms with Gasteiger partial charge < -0.3 is 69.3 Å². The van der Waals surface area contributed by atoms with E-state index in [1.54, 1.807) is 13.8 Å². The molecule has 3 saturated heterocycles. The van der Waals surface area contributed by atoms with E-state index in [1.807, 2.05) is 0 Å². The molecule has 8 rings (SSSR count). The van der Waals surface area contributed by atoms with E-state index in [2.05, 4.69) is 34.6 Å². The lowest BCUT2D eigenvalue weighted by Gasteiger charge is -2.65. The minimum Gasteiger partial charge on any atom is -0.454 e. The van der Waals surface area contributed by atoms with Crippen molar-refractivity contribution in [3.8, 4) is 0 Å².